The van der Waals surface area contributed by atoms with Crippen LogP contribution in [0.25, 0.3) is 0 Å². The van der Waals surface area contributed by atoms with Gasteiger partial charge in [-0.3, -0.25) is 9.13 Å². The van der Waals surface area contributed by atoms with E-state index in [1.165, 1.54) is 0 Å². The molecule has 0 saturated heterocycles. The van der Waals surface area contributed by atoms with Gasteiger partial charge in [-0.2, -0.15) is 0 Å². The number of carbonyl (C=O) groups excluding carboxylic acids is 2. The predicted octanol–water partition coefficient (Wildman–Crippen LogP) is 13.3. The average molecular weight is 1140 g/mol. The van der Waals surface area contributed by atoms with Gasteiger partial charge in [-0.05, 0) is 92.5 Å². The fourth-order valence-corrected chi connectivity index (χ4v) is 12.6. The number of ether oxygens (including phenoxy) is 7. The molecule has 2 aliphatic rings. The summed E-state index contributed by atoms with van der Waals surface area (Å²) in [6, 6.07) is 1.94. The van der Waals surface area contributed by atoms with Crippen molar-refractivity contribution in [3.8, 4) is 23.0 Å². The van der Waals surface area contributed by atoms with Crippen LogP contribution in [0.4, 0.5) is 0 Å². The van der Waals surface area contributed by atoms with Gasteiger partial charge in [0, 0.05) is 57.9 Å². The summed E-state index contributed by atoms with van der Waals surface area (Å²) < 4.78 is 86.0. The number of aliphatic hydroxyl groups is 1. The normalized spacial score (nSPS) is 13.4. The zero-order valence-electron chi connectivity index (χ0n) is 46.6. The Bertz CT molecular complexity index is 2070. The third kappa shape index (κ3) is 21.8. The minimum atomic E-state index is -3.41. The Kier molecular flexibility index (Phi) is 29.1. The Balaban J connectivity index is 0.000000585. The molecule has 0 unspecified atom stereocenters. The smallest absolute Gasteiger partial charge is 0.356 e. The maximum Gasteiger partial charge on any atom is 0.356 e. The lowest BCUT2D eigenvalue weighted by molar-refractivity contribution is 0.0522. The number of benzene rings is 2. The Morgan fingerprint density at radius 1 is 0.592 bits per heavy atom. The molecule has 16 nitrogen and oxygen atoms in total. The third-order valence-corrected chi connectivity index (χ3v) is 19.2. The van der Waals surface area contributed by atoms with Gasteiger partial charge in [-0.25, -0.2) is 9.59 Å². The Morgan fingerprint density at radius 2 is 0.944 bits per heavy atom. The van der Waals surface area contributed by atoms with E-state index in [4.69, 9.17) is 51.3 Å². The predicted molar refractivity (Wildman–Crippen MR) is 292 cm³/mol. The van der Waals surface area contributed by atoms with Gasteiger partial charge in [-0.15, -0.1) is 0 Å². The first-order chi connectivity index (χ1) is 33.0. The molecule has 410 valence electrons. The van der Waals surface area contributed by atoms with Gasteiger partial charge in [0.05, 0.1) is 58.5 Å². The van der Waals surface area contributed by atoms with Crippen molar-refractivity contribution in [3.05, 3.63) is 44.5 Å². The first kappa shape index (κ1) is 66.7. The van der Waals surface area contributed by atoms with Gasteiger partial charge >= 0.3 is 27.1 Å². The molecule has 71 heavy (non-hydrogen) atoms. The first-order valence-electron chi connectivity index (χ1n) is 24.7. The minimum Gasteiger partial charge on any atom is -0.496 e. The lowest BCUT2D eigenvalue weighted by Gasteiger charge is -2.23. The van der Waals surface area contributed by atoms with Crippen LogP contribution in [0.3, 0.4) is 0 Å². The highest BCUT2D eigenvalue weighted by Crippen LogP contribution is 2.52. The average Bonchev–Trinajstić information content (AvgIpc) is 3.83. The van der Waals surface area contributed by atoms with Crippen molar-refractivity contribution >= 4 is 59.2 Å². The SMILES string of the molecule is CC.CC(C)OP(=O)(CBr)OC(C)C.COc1c(C)c2c(c(OCC[Si](C)(C)C)c1CCO)C(=O)OC2.COc1c(C)c2c(c(OCC[Si](C)(C)C)c1CCOCP(=O)(OC(C)C)OC(C)C)C(=O)OC2. The summed E-state index contributed by atoms with van der Waals surface area (Å²) >= 11 is 3.12. The van der Waals surface area contributed by atoms with E-state index >= 15 is 0 Å². The molecule has 0 spiro atoms. The quantitative estimate of drug-likeness (QED) is 0.0307. The lowest BCUT2D eigenvalue weighted by Crippen LogP contribution is -2.23. The molecule has 2 aromatic rings. The second-order valence-electron chi connectivity index (χ2n) is 20.3. The number of carbonyl (C=O) groups is 2. The van der Waals surface area contributed by atoms with Gasteiger partial charge in [0.25, 0.3) is 0 Å². The van der Waals surface area contributed by atoms with E-state index in [0.29, 0.717) is 60.2 Å². The van der Waals surface area contributed by atoms with Crippen molar-refractivity contribution < 1.29 is 75.1 Å². The van der Waals surface area contributed by atoms with Gasteiger partial charge in [0.15, 0.2) is 0 Å². The molecule has 1 N–H and O–H groups in total. The molecular weight excluding hydrogens is 1050 g/mol. The molecule has 0 aliphatic carbocycles. The van der Waals surface area contributed by atoms with Crippen molar-refractivity contribution in [1.29, 1.82) is 0 Å². The van der Waals surface area contributed by atoms with Crippen LogP contribution in [0, 0.1) is 13.8 Å². The number of hydrogen-bond acceptors (Lipinski definition) is 16. The summed E-state index contributed by atoms with van der Waals surface area (Å²) in [7, 11) is -5.69. The first-order valence-corrected chi connectivity index (χ1v) is 36.7. The highest BCUT2D eigenvalue weighted by molar-refractivity contribution is 9.10. The summed E-state index contributed by atoms with van der Waals surface area (Å²) in [5.41, 5.74) is 5.84. The fourth-order valence-electron chi connectivity index (χ4n) is 7.25. The third-order valence-electron chi connectivity index (χ3n) is 10.2. The van der Waals surface area contributed by atoms with Crippen LogP contribution in [0.2, 0.25) is 51.4 Å². The van der Waals surface area contributed by atoms with Crippen LogP contribution in [-0.2, 0) is 67.5 Å². The number of esters is 2. The highest BCUT2D eigenvalue weighted by atomic mass is 79.9. The molecule has 0 aromatic heterocycles. The van der Waals surface area contributed by atoms with Crippen molar-refractivity contribution in [3.63, 3.8) is 0 Å². The zero-order valence-corrected chi connectivity index (χ0v) is 52.0. The Hall–Kier alpha value is -2.29. The molecule has 0 atom stereocenters. The van der Waals surface area contributed by atoms with Crippen LogP contribution < -0.4 is 18.9 Å². The topological polar surface area (TPSA) is 190 Å². The van der Waals surface area contributed by atoms with Gasteiger partial charge in [-0.1, -0.05) is 69.1 Å². The summed E-state index contributed by atoms with van der Waals surface area (Å²) in [6.45, 7) is 37.7. The lowest BCUT2D eigenvalue weighted by atomic mass is 9.95. The number of fused-ring (bicyclic) bond motifs is 2. The molecule has 21 heteroatoms. The Labute approximate surface area is 436 Å². The maximum atomic E-state index is 13.0. The summed E-state index contributed by atoms with van der Waals surface area (Å²) in [5.74, 6) is 1.63. The molecule has 0 fully saturated rings. The molecule has 0 radical (unpaired) electrons. The molecule has 2 heterocycles. The summed E-state index contributed by atoms with van der Waals surface area (Å²) in [4.78, 5) is 24.7. The van der Waals surface area contributed by atoms with Crippen LogP contribution in [0.15, 0.2) is 0 Å². The number of methoxy groups -OCH3 is 2. The van der Waals surface area contributed by atoms with Crippen LogP contribution >= 0.6 is 31.1 Å². The van der Waals surface area contributed by atoms with Crippen molar-refractivity contribution in [2.24, 2.45) is 0 Å². The van der Waals surface area contributed by atoms with E-state index in [0.717, 1.165) is 45.5 Å². The van der Waals surface area contributed by atoms with Gasteiger partial charge in [0.2, 0.25) is 0 Å². The molecule has 0 bridgehead atoms. The van der Waals surface area contributed by atoms with E-state index in [1.54, 1.807) is 41.9 Å². The molecular formula is C50H89BrO16P2Si2. The number of aliphatic hydroxyl groups excluding tert-OH is 1. The van der Waals surface area contributed by atoms with E-state index in [9.17, 15) is 23.8 Å². The second kappa shape index (κ2) is 30.9. The number of alkyl halides is 1. The highest BCUT2D eigenvalue weighted by Gasteiger charge is 2.36. The molecule has 2 aliphatic heterocycles. The Morgan fingerprint density at radius 3 is 1.25 bits per heavy atom. The van der Waals surface area contributed by atoms with Gasteiger partial charge < -0.3 is 56.4 Å². The van der Waals surface area contributed by atoms with Crippen LogP contribution in [0.1, 0.15) is 123 Å². The largest absolute Gasteiger partial charge is 0.496 e. The van der Waals surface area contributed by atoms with Crippen molar-refractivity contribution in [2.75, 3.05) is 52.1 Å². The number of rotatable bonds is 26. The van der Waals surface area contributed by atoms with E-state index in [-0.39, 0.29) is 74.2 Å². The second-order valence-corrected chi connectivity index (χ2v) is 36.9. The summed E-state index contributed by atoms with van der Waals surface area (Å²) in [5, 5.41) is 9.65. The maximum absolute atomic E-state index is 13.0. The molecule has 4 rings (SSSR count). The van der Waals surface area contributed by atoms with Crippen molar-refractivity contribution in [2.45, 2.75) is 185 Å². The van der Waals surface area contributed by atoms with Crippen molar-refractivity contribution in [1.82, 2.24) is 0 Å². The van der Waals surface area contributed by atoms with Crippen LogP contribution in [-0.4, -0.2) is 110 Å². The van der Waals surface area contributed by atoms with Crippen LogP contribution in [0.5, 0.6) is 23.0 Å². The van der Waals surface area contributed by atoms with E-state index < -0.39 is 31.3 Å². The molecule has 0 amide bonds. The number of cyclic esters (lactones) is 2. The zero-order chi connectivity index (χ0) is 54.7. The number of halogens is 1. The number of hydrogen-bond donors (Lipinski definition) is 1. The molecule has 2 aromatic carbocycles. The van der Waals surface area contributed by atoms with E-state index in [2.05, 4.69) is 55.2 Å². The van der Waals surface area contributed by atoms with E-state index in [1.807, 2.05) is 55.4 Å². The standard InChI is InChI=1S/C24H41O8PSi.C17H26O5Si.C7H16BrO3P.C2H6/c1-16(2)31-33(26,32-17(3)4)15-28-11-10-19-22(27-6)18(5)20-14-30-24(25)21(20)23(19)29-12-13-34(7,8)9;1-11-13-10-22-17(19)14(13)16(21-8-9-23(3,4)5)12(6-7-18)15(11)20-2;1-6(2)10-12(9,5-8)11-7(3)4;1-2/h16-17H,10-15H2,1-9H3;18H,6-10H2,1-5H3;6-7H,5H2,1-4H3;1-2H3. The monoisotopic (exact) mass is 1140 g/mol. The summed E-state index contributed by atoms with van der Waals surface area (Å²) in [6.07, 6.45) is -0.0544. The fraction of sp³-hybridized carbons (Fsp3) is 0.720. The molecule has 0 saturated carbocycles. The van der Waals surface area contributed by atoms with Gasteiger partial charge in [0.1, 0.15) is 58.8 Å². The minimum absolute atomic E-state index is 0.0337.